The molecule has 0 amide bonds. The second kappa shape index (κ2) is 10.3. The van der Waals surface area contributed by atoms with Crippen molar-refractivity contribution in [2.75, 3.05) is 31.6 Å². The van der Waals surface area contributed by atoms with Crippen molar-refractivity contribution in [2.24, 2.45) is 4.99 Å². The van der Waals surface area contributed by atoms with Crippen molar-refractivity contribution in [3.63, 3.8) is 0 Å². The van der Waals surface area contributed by atoms with Crippen LogP contribution in [0, 0.1) is 0 Å². The fourth-order valence-corrected chi connectivity index (χ4v) is 2.88. The van der Waals surface area contributed by atoms with Crippen LogP contribution >= 0.6 is 24.0 Å². The lowest BCUT2D eigenvalue weighted by Gasteiger charge is -2.16. The van der Waals surface area contributed by atoms with Gasteiger partial charge in [0.2, 0.25) is 0 Å². The van der Waals surface area contributed by atoms with E-state index in [4.69, 9.17) is 0 Å². The molecule has 0 unspecified atom stereocenters. The van der Waals surface area contributed by atoms with Gasteiger partial charge >= 0.3 is 0 Å². The van der Waals surface area contributed by atoms with Crippen LogP contribution in [0.4, 0.5) is 5.82 Å². The van der Waals surface area contributed by atoms with Gasteiger partial charge < -0.3 is 20.1 Å². The van der Waals surface area contributed by atoms with E-state index >= 15 is 0 Å². The zero-order valence-corrected chi connectivity index (χ0v) is 17.0. The Kier molecular flexibility index (Phi) is 8.03. The molecule has 3 rings (SSSR count). The minimum Gasteiger partial charge on any atom is -0.357 e. The van der Waals surface area contributed by atoms with Crippen LogP contribution in [0.25, 0.3) is 0 Å². The van der Waals surface area contributed by atoms with Crippen molar-refractivity contribution in [1.29, 1.82) is 0 Å². The lowest BCUT2D eigenvalue weighted by Crippen LogP contribution is -2.38. The van der Waals surface area contributed by atoms with Crippen LogP contribution in [0.1, 0.15) is 18.4 Å². The minimum absolute atomic E-state index is 0. The highest BCUT2D eigenvalue weighted by Gasteiger charge is 2.12. The average molecular weight is 454 g/mol. The first kappa shape index (κ1) is 19.6. The van der Waals surface area contributed by atoms with Crippen LogP contribution in [0.5, 0.6) is 0 Å². The molecule has 0 spiro atoms. The Morgan fingerprint density at radius 2 is 1.92 bits per heavy atom. The lowest BCUT2D eigenvalue weighted by atomic mass is 10.3. The summed E-state index contributed by atoms with van der Waals surface area (Å²) in [4.78, 5) is 11.2. The maximum atomic E-state index is 4.58. The standard InChI is InChI=1S/C18H26N6.HI/c1-19-18(20-8-13-23-9-2-3-10-23)22-15-16-6-7-17(21-14-16)24-11-4-5-12-24;/h2-3,6-7,9-10,14H,4-5,8,11-13,15H2,1H3,(H2,19,20,22);1H. The Bertz CT molecular complexity index is 632. The van der Waals surface area contributed by atoms with E-state index in [1.807, 2.05) is 18.3 Å². The third kappa shape index (κ3) is 5.91. The molecule has 1 aliphatic heterocycles. The summed E-state index contributed by atoms with van der Waals surface area (Å²) in [7, 11) is 1.79. The molecule has 0 bridgehead atoms. The number of rotatable bonds is 6. The molecular weight excluding hydrogens is 427 g/mol. The molecule has 2 aromatic heterocycles. The highest BCUT2D eigenvalue weighted by molar-refractivity contribution is 14.0. The first-order valence-electron chi connectivity index (χ1n) is 8.60. The second-order valence-corrected chi connectivity index (χ2v) is 5.99. The molecule has 1 aliphatic rings. The van der Waals surface area contributed by atoms with E-state index in [2.05, 4.69) is 54.6 Å². The molecule has 136 valence electrons. The fourth-order valence-electron chi connectivity index (χ4n) is 2.88. The number of nitrogens with zero attached hydrogens (tertiary/aromatic N) is 4. The van der Waals surface area contributed by atoms with Crippen molar-refractivity contribution in [1.82, 2.24) is 20.2 Å². The molecule has 2 aromatic rings. The van der Waals surface area contributed by atoms with Gasteiger partial charge in [0.15, 0.2) is 5.96 Å². The van der Waals surface area contributed by atoms with Crippen LogP contribution in [0.2, 0.25) is 0 Å². The molecule has 0 saturated carbocycles. The number of nitrogens with one attached hydrogen (secondary N) is 2. The van der Waals surface area contributed by atoms with Gasteiger partial charge in [-0.2, -0.15) is 0 Å². The lowest BCUT2D eigenvalue weighted by molar-refractivity contribution is 0.665. The molecule has 0 aromatic carbocycles. The van der Waals surface area contributed by atoms with Crippen LogP contribution in [0.15, 0.2) is 47.8 Å². The molecular formula is C18H27IN6. The first-order chi connectivity index (χ1) is 11.8. The van der Waals surface area contributed by atoms with Gasteiger partial charge in [-0.1, -0.05) is 6.07 Å². The topological polar surface area (TPSA) is 57.5 Å². The normalized spacial score (nSPS) is 14.3. The number of hydrogen-bond acceptors (Lipinski definition) is 3. The van der Waals surface area contributed by atoms with Crippen molar-refractivity contribution in [3.8, 4) is 0 Å². The van der Waals surface area contributed by atoms with Gasteiger partial charge in [0.05, 0.1) is 0 Å². The van der Waals surface area contributed by atoms with E-state index in [9.17, 15) is 0 Å². The van der Waals surface area contributed by atoms with Crippen molar-refractivity contribution < 1.29 is 0 Å². The van der Waals surface area contributed by atoms with E-state index in [1.54, 1.807) is 7.05 Å². The van der Waals surface area contributed by atoms with Gasteiger partial charge in [-0.15, -0.1) is 24.0 Å². The van der Waals surface area contributed by atoms with E-state index in [0.29, 0.717) is 0 Å². The monoisotopic (exact) mass is 454 g/mol. The highest BCUT2D eigenvalue weighted by atomic mass is 127. The molecule has 2 N–H and O–H groups in total. The maximum Gasteiger partial charge on any atom is 0.191 e. The summed E-state index contributed by atoms with van der Waals surface area (Å²) in [5, 5.41) is 6.65. The Balaban J connectivity index is 0.00000225. The first-order valence-corrected chi connectivity index (χ1v) is 8.60. The Hall–Kier alpha value is -1.77. The molecule has 3 heterocycles. The summed E-state index contributed by atoms with van der Waals surface area (Å²) in [5.41, 5.74) is 1.16. The molecule has 0 atom stereocenters. The predicted molar refractivity (Wildman–Crippen MR) is 114 cm³/mol. The van der Waals surface area contributed by atoms with Gasteiger partial charge in [-0.3, -0.25) is 4.99 Å². The minimum atomic E-state index is 0. The maximum absolute atomic E-state index is 4.58. The predicted octanol–water partition coefficient (Wildman–Crippen LogP) is 2.47. The Labute approximate surface area is 166 Å². The van der Waals surface area contributed by atoms with Gasteiger partial charge in [-0.25, -0.2) is 4.98 Å². The second-order valence-electron chi connectivity index (χ2n) is 5.99. The van der Waals surface area contributed by atoms with Crippen molar-refractivity contribution >= 4 is 35.8 Å². The molecule has 1 fully saturated rings. The van der Waals surface area contributed by atoms with E-state index < -0.39 is 0 Å². The number of hydrogen-bond donors (Lipinski definition) is 2. The summed E-state index contributed by atoms with van der Waals surface area (Å²) in [6.45, 7) is 4.72. The third-order valence-corrected chi connectivity index (χ3v) is 4.25. The zero-order chi connectivity index (χ0) is 16.6. The van der Waals surface area contributed by atoms with E-state index in [1.165, 1.54) is 12.8 Å². The summed E-state index contributed by atoms with van der Waals surface area (Å²) < 4.78 is 2.14. The van der Waals surface area contributed by atoms with E-state index in [-0.39, 0.29) is 24.0 Å². The van der Waals surface area contributed by atoms with Crippen LogP contribution in [-0.2, 0) is 13.1 Å². The SMILES string of the molecule is CN=C(NCCn1cccc1)NCc1ccc(N2CCCC2)nc1.I. The van der Waals surface area contributed by atoms with Crippen LogP contribution in [0.3, 0.4) is 0 Å². The quantitative estimate of drug-likeness (QED) is 0.400. The van der Waals surface area contributed by atoms with Crippen molar-refractivity contribution in [3.05, 3.63) is 48.4 Å². The molecule has 7 heteroatoms. The molecule has 0 radical (unpaired) electrons. The number of guanidine groups is 1. The summed E-state index contributed by atoms with van der Waals surface area (Å²) >= 11 is 0. The van der Waals surface area contributed by atoms with Gasteiger partial charge in [0, 0.05) is 58.4 Å². The summed E-state index contributed by atoms with van der Waals surface area (Å²) in [6, 6.07) is 8.32. The third-order valence-electron chi connectivity index (χ3n) is 4.25. The smallest absolute Gasteiger partial charge is 0.191 e. The largest absolute Gasteiger partial charge is 0.357 e. The zero-order valence-electron chi connectivity index (χ0n) is 14.7. The average Bonchev–Trinajstić information content (AvgIpc) is 3.32. The summed E-state index contributed by atoms with van der Waals surface area (Å²) in [6.07, 6.45) is 8.62. The molecule has 1 saturated heterocycles. The number of halogens is 1. The number of anilines is 1. The van der Waals surface area contributed by atoms with Crippen LogP contribution in [-0.4, -0.2) is 42.2 Å². The van der Waals surface area contributed by atoms with Gasteiger partial charge in [-0.05, 0) is 36.6 Å². The summed E-state index contributed by atoms with van der Waals surface area (Å²) in [5.74, 6) is 1.90. The number of pyridine rings is 1. The Morgan fingerprint density at radius 3 is 2.56 bits per heavy atom. The van der Waals surface area contributed by atoms with E-state index in [0.717, 1.165) is 50.1 Å². The van der Waals surface area contributed by atoms with Gasteiger partial charge in [0.1, 0.15) is 5.82 Å². The fraction of sp³-hybridized carbons (Fsp3) is 0.444. The number of aromatic nitrogens is 2. The Morgan fingerprint density at radius 1 is 1.16 bits per heavy atom. The molecule has 25 heavy (non-hydrogen) atoms. The number of aliphatic imine (C=N–C) groups is 1. The van der Waals surface area contributed by atoms with Gasteiger partial charge in [0.25, 0.3) is 0 Å². The van der Waals surface area contributed by atoms with Crippen LogP contribution < -0.4 is 15.5 Å². The van der Waals surface area contributed by atoms with Crippen molar-refractivity contribution in [2.45, 2.75) is 25.9 Å². The molecule has 0 aliphatic carbocycles. The highest BCUT2D eigenvalue weighted by Crippen LogP contribution is 2.17. The molecule has 6 nitrogen and oxygen atoms in total.